The first-order chi connectivity index (χ1) is 10.2. The van der Waals surface area contributed by atoms with Crippen molar-refractivity contribution in [1.82, 2.24) is 0 Å². The Morgan fingerprint density at radius 1 is 1.10 bits per heavy atom. The molecule has 0 aliphatic rings. The molecule has 0 amide bonds. The standard InChI is InChI=1S/C17H26O4/c1-4-5-6-7-12-20-14(2)21-13-17(18)15-8-10-16(19-3)11-9-15/h8-11,14H,4-7,12-13H2,1-3H3. The lowest BCUT2D eigenvalue weighted by atomic mass is 10.1. The first-order valence-electron chi connectivity index (χ1n) is 7.57. The molecule has 0 aliphatic carbocycles. The van der Waals surface area contributed by atoms with Crippen LogP contribution in [0.15, 0.2) is 24.3 Å². The second kappa shape index (κ2) is 10.4. The van der Waals surface area contributed by atoms with Crippen molar-refractivity contribution in [3.63, 3.8) is 0 Å². The van der Waals surface area contributed by atoms with E-state index in [1.54, 1.807) is 31.4 Å². The Hall–Kier alpha value is -1.39. The second-order valence-corrected chi connectivity index (χ2v) is 4.96. The number of rotatable bonds is 11. The number of hydrogen-bond acceptors (Lipinski definition) is 4. The summed E-state index contributed by atoms with van der Waals surface area (Å²) in [5, 5.41) is 0. The number of carbonyl (C=O) groups is 1. The zero-order chi connectivity index (χ0) is 15.5. The minimum absolute atomic E-state index is 0.0302. The highest BCUT2D eigenvalue weighted by atomic mass is 16.7. The first-order valence-corrected chi connectivity index (χ1v) is 7.57. The molecule has 4 heteroatoms. The van der Waals surface area contributed by atoms with Crippen molar-refractivity contribution in [2.45, 2.75) is 45.8 Å². The molecule has 0 bridgehead atoms. The summed E-state index contributed by atoms with van der Waals surface area (Å²) in [4.78, 5) is 11.9. The third kappa shape index (κ3) is 7.25. The van der Waals surface area contributed by atoms with E-state index in [0.29, 0.717) is 12.2 Å². The molecule has 118 valence electrons. The van der Waals surface area contributed by atoms with Gasteiger partial charge in [0, 0.05) is 12.2 Å². The normalized spacial score (nSPS) is 12.1. The van der Waals surface area contributed by atoms with Crippen LogP contribution in [0.3, 0.4) is 0 Å². The Morgan fingerprint density at radius 2 is 1.81 bits per heavy atom. The summed E-state index contributed by atoms with van der Waals surface area (Å²) in [7, 11) is 1.60. The summed E-state index contributed by atoms with van der Waals surface area (Å²) in [5.74, 6) is 0.676. The number of benzene rings is 1. The summed E-state index contributed by atoms with van der Waals surface area (Å²) in [6.45, 7) is 4.71. The van der Waals surface area contributed by atoms with Gasteiger partial charge in [-0.2, -0.15) is 0 Å². The van der Waals surface area contributed by atoms with Gasteiger partial charge in [-0.25, -0.2) is 0 Å². The summed E-state index contributed by atoms with van der Waals surface area (Å²) in [6, 6.07) is 7.00. The van der Waals surface area contributed by atoms with E-state index in [9.17, 15) is 4.79 Å². The van der Waals surface area contributed by atoms with Crippen molar-refractivity contribution in [2.75, 3.05) is 20.3 Å². The molecule has 0 aromatic heterocycles. The first kappa shape index (κ1) is 17.7. The molecule has 1 aromatic rings. The van der Waals surface area contributed by atoms with E-state index in [1.807, 2.05) is 6.92 Å². The van der Waals surface area contributed by atoms with E-state index >= 15 is 0 Å². The predicted molar refractivity (Wildman–Crippen MR) is 82.8 cm³/mol. The molecule has 0 N–H and O–H groups in total. The van der Waals surface area contributed by atoms with Crippen molar-refractivity contribution in [1.29, 1.82) is 0 Å². The molecule has 0 spiro atoms. The molecule has 1 atom stereocenters. The van der Waals surface area contributed by atoms with Gasteiger partial charge in [0.2, 0.25) is 0 Å². The smallest absolute Gasteiger partial charge is 0.188 e. The number of hydrogen-bond donors (Lipinski definition) is 0. The van der Waals surface area contributed by atoms with Crippen LogP contribution >= 0.6 is 0 Å². The summed E-state index contributed by atoms with van der Waals surface area (Å²) in [6.07, 6.45) is 4.30. The van der Waals surface area contributed by atoms with Gasteiger partial charge in [0.05, 0.1) is 7.11 Å². The Kier molecular flexibility index (Phi) is 8.71. The number of ether oxygens (including phenoxy) is 3. The lowest BCUT2D eigenvalue weighted by Gasteiger charge is -2.13. The molecule has 1 aromatic carbocycles. The zero-order valence-electron chi connectivity index (χ0n) is 13.3. The molecule has 4 nitrogen and oxygen atoms in total. The fourth-order valence-electron chi connectivity index (χ4n) is 1.88. The van der Waals surface area contributed by atoms with Crippen molar-refractivity contribution in [3.8, 4) is 5.75 Å². The molecule has 1 rings (SSSR count). The van der Waals surface area contributed by atoms with Gasteiger partial charge < -0.3 is 14.2 Å². The molecule has 0 radical (unpaired) electrons. The highest BCUT2D eigenvalue weighted by molar-refractivity contribution is 5.97. The van der Waals surface area contributed by atoms with Gasteiger partial charge in [-0.1, -0.05) is 26.2 Å². The molecule has 0 saturated carbocycles. The van der Waals surface area contributed by atoms with Crippen LogP contribution in [-0.4, -0.2) is 32.4 Å². The highest BCUT2D eigenvalue weighted by Crippen LogP contribution is 2.12. The molecule has 0 fully saturated rings. The van der Waals surface area contributed by atoms with Gasteiger partial charge >= 0.3 is 0 Å². The van der Waals surface area contributed by atoms with E-state index in [0.717, 1.165) is 12.2 Å². The third-order valence-electron chi connectivity index (χ3n) is 3.21. The quantitative estimate of drug-likeness (QED) is 0.353. The van der Waals surface area contributed by atoms with Crippen molar-refractivity contribution < 1.29 is 19.0 Å². The maximum atomic E-state index is 11.9. The van der Waals surface area contributed by atoms with Crippen LogP contribution in [0.2, 0.25) is 0 Å². The van der Waals surface area contributed by atoms with Crippen LogP contribution in [0.1, 0.15) is 49.9 Å². The number of methoxy groups -OCH3 is 1. The van der Waals surface area contributed by atoms with Gasteiger partial charge in [-0.05, 0) is 37.6 Å². The van der Waals surface area contributed by atoms with Crippen LogP contribution < -0.4 is 4.74 Å². The monoisotopic (exact) mass is 294 g/mol. The Labute approximate surface area is 127 Å². The van der Waals surface area contributed by atoms with Gasteiger partial charge in [-0.3, -0.25) is 4.79 Å². The van der Waals surface area contributed by atoms with Gasteiger partial charge in [-0.15, -0.1) is 0 Å². The van der Waals surface area contributed by atoms with Crippen molar-refractivity contribution >= 4 is 5.78 Å². The third-order valence-corrected chi connectivity index (χ3v) is 3.21. The van der Waals surface area contributed by atoms with E-state index < -0.39 is 0 Å². The summed E-state index contributed by atoms with van der Waals surface area (Å²) < 4.78 is 16.0. The maximum absolute atomic E-state index is 11.9. The van der Waals surface area contributed by atoms with Crippen molar-refractivity contribution in [3.05, 3.63) is 29.8 Å². The predicted octanol–water partition coefficient (Wildman–Crippen LogP) is 3.84. The van der Waals surface area contributed by atoms with E-state index in [4.69, 9.17) is 14.2 Å². The maximum Gasteiger partial charge on any atom is 0.188 e. The van der Waals surface area contributed by atoms with Crippen LogP contribution in [0.5, 0.6) is 5.75 Å². The summed E-state index contributed by atoms with van der Waals surface area (Å²) >= 11 is 0. The molecular weight excluding hydrogens is 268 g/mol. The van der Waals surface area contributed by atoms with E-state index in [2.05, 4.69) is 6.92 Å². The minimum atomic E-state index is -0.353. The average Bonchev–Trinajstić information content (AvgIpc) is 2.52. The molecule has 21 heavy (non-hydrogen) atoms. The molecule has 0 saturated heterocycles. The molecule has 0 aliphatic heterocycles. The Balaban J connectivity index is 2.22. The fourth-order valence-corrected chi connectivity index (χ4v) is 1.88. The molecular formula is C17H26O4. The Morgan fingerprint density at radius 3 is 2.43 bits per heavy atom. The van der Waals surface area contributed by atoms with Gasteiger partial charge in [0.25, 0.3) is 0 Å². The molecule has 0 heterocycles. The van der Waals surface area contributed by atoms with Crippen molar-refractivity contribution in [2.24, 2.45) is 0 Å². The average molecular weight is 294 g/mol. The number of ketones is 1. The SMILES string of the molecule is CCCCCCOC(C)OCC(=O)c1ccc(OC)cc1. The minimum Gasteiger partial charge on any atom is -0.497 e. The van der Waals surface area contributed by atoms with Gasteiger partial charge in [0.1, 0.15) is 12.4 Å². The molecule has 1 unspecified atom stereocenters. The lowest BCUT2D eigenvalue weighted by molar-refractivity contribution is -0.123. The number of Topliss-reactive ketones (excluding diaryl/α,β-unsaturated/α-hetero) is 1. The van der Waals surface area contributed by atoms with E-state index in [1.165, 1.54) is 19.3 Å². The van der Waals surface area contributed by atoms with Crippen LogP contribution in [-0.2, 0) is 9.47 Å². The fraction of sp³-hybridized carbons (Fsp3) is 0.588. The number of carbonyl (C=O) groups excluding carboxylic acids is 1. The number of unbranched alkanes of at least 4 members (excludes halogenated alkanes) is 3. The van der Waals surface area contributed by atoms with Crippen LogP contribution in [0.25, 0.3) is 0 Å². The van der Waals surface area contributed by atoms with Crippen LogP contribution in [0, 0.1) is 0 Å². The largest absolute Gasteiger partial charge is 0.497 e. The summed E-state index contributed by atoms with van der Waals surface area (Å²) in [5.41, 5.74) is 0.617. The van der Waals surface area contributed by atoms with Crippen LogP contribution in [0.4, 0.5) is 0 Å². The lowest BCUT2D eigenvalue weighted by Crippen LogP contribution is -2.19. The van der Waals surface area contributed by atoms with E-state index in [-0.39, 0.29) is 18.7 Å². The second-order valence-electron chi connectivity index (χ2n) is 4.96. The van der Waals surface area contributed by atoms with Gasteiger partial charge in [0.15, 0.2) is 12.1 Å². The Bertz CT molecular complexity index is 400. The topological polar surface area (TPSA) is 44.8 Å². The highest BCUT2D eigenvalue weighted by Gasteiger charge is 2.09. The zero-order valence-corrected chi connectivity index (χ0v) is 13.3.